The predicted octanol–water partition coefficient (Wildman–Crippen LogP) is -11.3. The van der Waals surface area contributed by atoms with E-state index in [1.807, 2.05) is 0 Å². The largest absolute Gasteiger partial charge is 0.394 e. The maximum atomic E-state index is 11.9. The second-order valence-corrected chi connectivity index (χ2v) is 28.5. The lowest BCUT2D eigenvalue weighted by Gasteiger charge is -2.55. The van der Waals surface area contributed by atoms with E-state index in [4.69, 9.17) is 72.7 Å². The molecule has 0 radical (unpaired) electrons. The molecule has 100 heavy (non-hydrogen) atoms. The quantitative estimate of drug-likeness (QED) is 0.0831. The van der Waals surface area contributed by atoms with E-state index in [1.165, 1.54) is 5.57 Å². The number of hydrogen-bond acceptors (Lipinski definition) is 37. The topological polar surface area (TPSA) is 591 Å². The molecule has 21 aliphatic heterocycles. The van der Waals surface area contributed by atoms with Gasteiger partial charge in [0.15, 0.2) is 44.0 Å². The van der Waals surface area contributed by atoms with E-state index in [-0.39, 0.29) is 5.41 Å². The van der Waals surface area contributed by atoms with Gasteiger partial charge in [0, 0.05) is 18.3 Å². The van der Waals surface area contributed by atoms with Gasteiger partial charge in [0.05, 0.1) is 46.2 Å². The van der Waals surface area contributed by atoms with E-state index in [9.17, 15) is 117 Å². The summed E-state index contributed by atoms with van der Waals surface area (Å²) in [6, 6.07) is 0. The van der Waals surface area contributed by atoms with Gasteiger partial charge < -0.3 is 179 Å². The minimum Gasteiger partial charge on any atom is -0.394 e. The van der Waals surface area contributed by atoms with Gasteiger partial charge in [-0.2, -0.15) is 0 Å². The number of carbonyl (C=O) groups excluding carboxylic acids is 1. The Labute approximate surface area is 572 Å². The Kier molecular flexibility index (Phi) is 25.3. The first-order chi connectivity index (χ1) is 47.5. The Morgan fingerprint density at radius 1 is 0.390 bits per heavy atom. The van der Waals surface area contributed by atoms with Crippen LogP contribution in [0.15, 0.2) is 11.1 Å². The van der Waals surface area contributed by atoms with Crippen LogP contribution >= 0.6 is 0 Å². The molecule has 23 fully saturated rings. The van der Waals surface area contributed by atoms with Crippen LogP contribution < -0.4 is 0 Å². The molecule has 0 spiro atoms. The van der Waals surface area contributed by atoms with Crippen molar-refractivity contribution in [2.75, 3.05) is 46.2 Å². The van der Waals surface area contributed by atoms with Gasteiger partial charge in [0.25, 0.3) is 0 Å². The third kappa shape index (κ3) is 14.5. The first-order valence-corrected chi connectivity index (χ1v) is 33.9. The van der Waals surface area contributed by atoms with Crippen molar-refractivity contribution in [1.82, 2.24) is 0 Å². The second-order valence-electron chi connectivity index (χ2n) is 28.5. The fourth-order valence-electron chi connectivity index (χ4n) is 17.1. The Hall–Kier alpha value is -2.47. The summed E-state index contributed by atoms with van der Waals surface area (Å²) >= 11 is 0. The molecule has 4 aliphatic carbocycles. The van der Waals surface area contributed by atoms with Crippen molar-refractivity contribution in [2.24, 2.45) is 29.1 Å². The summed E-state index contributed by atoms with van der Waals surface area (Å²) in [4.78, 5) is 11.9. The van der Waals surface area contributed by atoms with Gasteiger partial charge in [-0.1, -0.05) is 30.9 Å². The first kappa shape index (κ1) is 78.6. The number of fused-ring (bicyclic) bond motifs is 4. The van der Waals surface area contributed by atoms with Crippen molar-refractivity contribution in [2.45, 2.75) is 286 Å². The summed E-state index contributed by atoms with van der Waals surface area (Å²) in [6.45, 7) is -2.73. The lowest BCUT2D eigenvalue weighted by Crippen LogP contribution is -2.68. The van der Waals surface area contributed by atoms with Gasteiger partial charge in [0.2, 0.25) is 0 Å². The molecule has 41 atom stereocenters. The minimum atomic E-state index is -2.21. The highest BCUT2D eigenvalue weighted by molar-refractivity contribution is 5.82. The molecule has 14 bridgehead atoms. The smallest absolute Gasteiger partial charge is 0.187 e. The molecular weight excluding hydrogens is 1350 g/mol. The number of rotatable bonds is 7. The Balaban J connectivity index is 0.000000366. The zero-order valence-corrected chi connectivity index (χ0v) is 54.7. The number of aliphatic hydroxyl groups excluding tert-OH is 21. The maximum Gasteiger partial charge on any atom is 0.187 e. The van der Waals surface area contributed by atoms with Crippen molar-refractivity contribution in [3.63, 3.8) is 0 Å². The third-order valence-electron chi connectivity index (χ3n) is 22.7. The fourth-order valence-corrected chi connectivity index (χ4v) is 17.1. The molecule has 0 amide bonds. The molecule has 22 N–H and O–H groups in total. The van der Waals surface area contributed by atoms with E-state index in [0.29, 0.717) is 35.9 Å². The van der Waals surface area contributed by atoms with Crippen molar-refractivity contribution >= 4 is 5.78 Å². The van der Waals surface area contributed by atoms with Crippen LogP contribution in [0.4, 0.5) is 0 Å². The average Bonchev–Trinajstić information content (AvgIpc) is 1.52. The number of terminal acetylenes is 1. The highest BCUT2D eigenvalue weighted by Gasteiger charge is 2.64. The van der Waals surface area contributed by atoms with Crippen molar-refractivity contribution < 1.29 is 183 Å². The fraction of sp³-hybridized carbons (Fsp3) is 0.921. The van der Waals surface area contributed by atoms with Crippen LogP contribution in [0.2, 0.25) is 0 Å². The average molecular weight is 1450 g/mol. The molecule has 21 saturated heterocycles. The molecule has 0 aromatic rings. The van der Waals surface area contributed by atoms with Gasteiger partial charge in [0.1, 0.15) is 182 Å². The number of aliphatic hydroxyl groups is 22. The highest BCUT2D eigenvalue weighted by Crippen LogP contribution is 2.65. The standard InChI is InChI=1S/C42H70O35.C21H28O2/c43-1-8-29-15(50)22(57)36(64-8)72-30-9(2-44)66-38(24(59)17(30)52)74-32-11(4-46)68-40(26(61)19(32)54)76-34-13(6-48)70-42(28(63)21(34)56)77-35-14(7-49)69-41(27(62)20(35)55)75-33-12(5-47)67-39(25(60)18(33)53)73-31-10(3-45)65-37(71-29)23(58)16(31)51;1-4-21(23)10-8-18-19-13(2)11-14-12-15(22)5-6-16(14)17(19)7-9-20(18,21)3/h8-63H,1-7H2;1,13,17-19,23H,5-12H2,2-3H3/t8-,9-,10-,11-,12-,13-,14-,15-,16-,17-,18-,19-,20-,21-,22-,23-,24-,25-,26-,27-,28-,29-,30-,31-,32-,33-,34-,35-,36-,37-,38-,39-,40-,41-,42-;13-,17-,18+,19-,20+,21+/m11/s1. The van der Waals surface area contributed by atoms with Gasteiger partial charge in [-0.3, -0.25) is 4.79 Å². The summed E-state index contributed by atoms with van der Waals surface area (Å²) in [6.07, 6.45) is -57.0. The molecule has 2 saturated carbocycles. The van der Waals surface area contributed by atoms with Crippen molar-refractivity contribution in [1.29, 1.82) is 0 Å². The molecular formula is C63H98O37. The van der Waals surface area contributed by atoms with E-state index in [2.05, 4.69) is 19.8 Å². The molecule has 0 aromatic carbocycles. The highest BCUT2D eigenvalue weighted by atomic mass is 16.8. The van der Waals surface area contributed by atoms with Crippen LogP contribution in [0.25, 0.3) is 0 Å². The van der Waals surface area contributed by atoms with Crippen molar-refractivity contribution in [3.05, 3.63) is 11.1 Å². The SMILES string of the molecule is C#C[C@]1(O)CC[C@H]2[C@@H]3[C@H](C)CC4=C(CCC(=O)C4)[C@H]3CC[C@@]21C.OC[C@H]1O[C@@H]2O[C@H]3[C@H](O)[C@@H](O)[C@@H](O[C@H]4[C@H](O)[C@@H](O)[C@@H](O[C@H]5[C@H](O)[C@@H](O)[C@@H](O[C@H]6[C@H](O)[C@@H](O)[C@@H](O[C@H]7[C@H](O)[C@@H](O)[C@@H](O[C@H]8[C@H](O)[C@@H](O)[C@@H](O[C@H]1[C@H](O)[C@H]2O)O[C@@H]8CO)O[C@@H]7CO)O[C@@H]6CO)O[C@@H]5CO)O[C@@H]4CO)O[C@@H]3CO. The molecule has 21 heterocycles. The van der Waals surface area contributed by atoms with E-state index in [0.717, 1.165) is 44.9 Å². The summed E-state index contributed by atoms with van der Waals surface area (Å²) in [5.41, 5.74) is 2.04. The van der Waals surface area contributed by atoms with Gasteiger partial charge in [-0.25, -0.2) is 0 Å². The van der Waals surface area contributed by atoms with E-state index < -0.39 is 267 Å². The second kappa shape index (κ2) is 32.2. The Bertz CT molecular complexity index is 2420. The Morgan fingerprint density at radius 2 is 0.650 bits per heavy atom. The lowest BCUT2D eigenvalue weighted by atomic mass is 9.50. The molecule has 25 rings (SSSR count). The number of carbonyl (C=O) groups is 1. The molecule has 0 aromatic heterocycles. The minimum absolute atomic E-state index is 0.125. The van der Waals surface area contributed by atoms with Crippen LogP contribution in [-0.2, 0) is 71.1 Å². The van der Waals surface area contributed by atoms with Gasteiger partial charge in [-0.15, -0.1) is 6.42 Å². The summed E-state index contributed by atoms with van der Waals surface area (Å²) in [7, 11) is 0. The Morgan fingerprint density at radius 3 is 0.890 bits per heavy atom. The number of ether oxygens (including phenoxy) is 14. The summed E-state index contributed by atoms with van der Waals surface area (Å²) in [5, 5.41) is 241. The van der Waals surface area contributed by atoms with E-state index >= 15 is 0 Å². The van der Waals surface area contributed by atoms with Crippen LogP contribution in [0.5, 0.6) is 0 Å². The predicted molar refractivity (Wildman–Crippen MR) is 319 cm³/mol. The number of ketones is 1. The summed E-state index contributed by atoms with van der Waals surface area (Å²) < 4.78 is 79.5. The molecule has 37 nitrogen and oxygen atoms in total. The normalized spacial score (nSPS) is 54.0. The zero-order valence-electron chi connectivity index (χ0n) is 54.7. The third-order valence-corrected chi connectivity index (χ3v) is 22.7. The van der Waals surface area contributed by atoms with Crippen LogP contribution in [0.1, 0.15) is 65.2 Å². The number of hydrogen-bond donors (Lipinski definition) is 22. The maximum absolute atomic E-state index is 11.9. The van der Waals surface area contributed by atoms with Gasteiger partial charge in [-0.05, 0) is 62.2 Å². The molecule has 25 aliphatic rings. The first-order valence-electron chi connectivity index (χ1n) is 33.9. The van der Waals surface area contributed by atoms with Crippen molar-refractivity contribution in [3.8, 4) is 12.3 Å². The summed E-state index contributed by atoms with van der Waals surface area (Å²) in [5.74, 6) is 5.60. The van der Waals surface area contributed by atoms with Crippen LogP contribution in [-0.4, -0.2) is 385 Å². The van der Waals surface area contributed by atoms with Gasteiger partial charge >= 0.3 is 0 Å². The zero-order chi connectivity index (χ0) is 72.5. The van der Waals surface area contributed by atoms with Crippen LogP contribution in [0.3, 0.4) is 0 Å². The number of allylic oxidation sites excluding steroid dienone is 2. The number of Topliss-reactive ketones (excluding diaryl/α,β-unsaturated/α-hetero) is 1. The lowest BCUT2D eigenvalue weighted by molar-refractivity contribution is -0.396. The van der Waals surface area contributed by atoms with E-state index in [1.54, 1.807) is 5.57 Å². The molecule has 37 heteroatoms. The van der Waals surface area contributed by atoms with Crippen LogP contribution in [0, 0.1) is 41.4 Å². The molecule has 572 valence electrons. The molecule has 0 unspecified atom stereocenters. The monoisotopic (exact) mass is 1450 g/mol.